The van der Waals surface area contributed by atoms with E-state index in [4.69, 9.17) is 0 Å². The van der Waals surface area contributed by atoms with Gasteiger partial charge in [0.15, 0.2) is 0 Å². The molecule has 4 heteroatoms. The van der Waals surface area contributed by atoms with Gasteiger partial charge in [-0.2, -0.15) is 0 Å². The van der Waals surface area contributed by atoms with Crippen molar-refractivity contribution in [3.05, 3.63) is 30.5 Å². The van der Waals surface area contributed by atoms with Crippen molar-refractivity contribution in [3.8, 4) is 0 Å². The standard InChI is InChI=1S/C14H17N3O/c18-10-11-4-3-7-17(9-11)14-8-15-12-5-1-2-6-13(12)16-14/h1-2,5-6,8,11,18H,3-4,7,9-10H2. The highest BCUT2D eigenvalue weighted by atomic mass is 16.3. The molecule has 3 rings (SSSR count). The van der Waals surface area contributed by atoms with Gasteiger partial charge >= 0.3 is 0 Å². The van der Waals surface area contributed by atoms with E-state index in [-0.39, 0.29) is 6.61 Å². The van der Waals surface area contributed by atoms with E-state index in [2.05, 4.69) is 14.9 Å². The molecule has 94 valence electrons. The van der Waals surface area contributed by atoms with E-state index in [1.54, 1.807) is 0 Å². The molecule has 1 atom stereocenters. The molecule has 1 fully saturated rings. The van der Waals surface area contributed by atoms with Gasteiger partial charge in [0, 0.05) is 19.7 Å². The molecule has 1 aliphatic heterocycles. The normalized spacial score (nSPS) is 20.3. The molecule has 1 saturated heterocycles. The molecule has 0 radical (unpaired) electrons. The molecule has 0 amide bonds. The molecule has 0 bridgehead atoms. The Morgan fingerprint density at radius 1 is 1.28 bits per heavy atom. The van der Waals surface area contributed by atoms with Crippen molar-refractivity contribution in [2.75, 3.05) is 24.6 Å². The first-order valence-electron chi connectivity index (χ1n) is 6.44. The summed E-state index contributed by atoms with van der Waals surface area (Å²) in [5.74, 6) is 1.29. The highest BCUT2D eigenvalue weighted by Crippen LogP contribution is 2.22. The second-order valence-electron chi connectivity index (χ2n) is 4.85. The highest BCUT2D eigenvalue weighted by Gasteiger charge is 2.20. The van der Waals surface area contributed by atoms with E-state index in [1.165, 1.54) is 0 Å². The zero-order valence-electron chi connectivity index (χ0n) is 10.3. The lowest BCUT2D eigenvalue weighted by Gasteiger charge is -2.32. The lowest BCUT2D eigenvalue weighted by Crippen LogP contribution is -2.37. The zero-order valence-corrected chi connectivity index (χ0v) is 10.3. The first-order valence-corrected chi connectivity index (χ1v) is 6.44. The smallest absolute Gasteiger partial charge is 0.147 e. The molecule has 0 spiro atoms. The molecule has 1 aliphatic rings. The van der Waals surface area contributed by atoms with Gasteiger partial charge in [-0.05, 0) is 30.9 Å². The van der Waals surface area contributed by atoms with Crippen molar-refractivity contribution in [2.45, 2.75) is 12.8 Å². The fraction of sp³-hybridized carbons (Fsp3) is 0.429. The van der Waals surface area contributed by atoms with Crippen molar-refractivity contribution < 1.29 is 5.11 Å². The number of para-hydroxylation sites is 2. The number of hydrogen-bond donors (Lipinski definition) is 1. The van der Waals surface area contributed by atoms with Gasteiger partial charge in [-0.25, -0.2) is 4.98 Å². The monoisotopic (exact) mass is 243 g/mol. The third kappa shape index (κ3) is 2.16. The van der Waals surface area contributed by atoms with Crippen molar-refractivity contribution >= 4 is 16.9 Å². The zero-order chi connectivity index (χ0) is 12.4. The Balaban J connectivity index is 1.89. The molecule has 2 aromatic rings. The molecule has 1 N–H and O–H groups in total. The van der Waals surface area contributed by atoms with Crippen LogP contribution in [0, 0.1) is 5.92 Å². The van der Waals surface area contributed by atoms with Gasteiger partial charge in [0.25, 0.3) is 0 Å². The quantitative estimate of drug-likeness (QED) is 0.874. The number of hydrogen-bond acceptors (Lipinski definition) is 4. The molecule has 1 aromatic carbocycles. The lowest BCUT2D eigenvalue weighted by atomic mass is 9.99. The van der Waals surface area contributed by atoms with Crippen LogP contribution in [0.15, 0.2) is 30.5 Å². The van der Waals surface area contributed by atoms with Crippen molar-refractivity contribution in [1.29, 1.82) is 0 Å². The van der Waals surface area contributed by atoms with Gasteiger partial charge < -0.3 is 10.0 Å². The maximum absolute atomic E-state index is 9.26. The summed E-state index contributed by atoms with van der Waals surface area (Å²) in [6, 6.07) is 7.91. The summed E-state index contributed by atoms with van der Waals surface area (Å²) in [4.78, 5) is 11.3. The van der Waals surface area contributed by atoms with Gasteiger partial charge in [0.1, 0.15) is 5.82 Å². The van der Waals surface area contributed by atoms with Gasteiger partial charge in [0.2, 0.25) is 0 Å². The third-order valence-corrected chi connectivity index (χ3v) is 3.54. The highest BCUT2D eigenvalue weighted by molar-refractivity contribution is 5.75. The lowest BCUT2D eigenvalue weighted by molar-refractivity contribution is 0.208. The van der Waals surface area contributed by atoms with E-state index in [1.807, 2.05) is 30.5 Å². The summed E-state index contributed by atoms with van der Waals surface area (Å²) in [6.45, 7) is 2.14. The Morgan fingerprint density at radius 2 is 2.11 bits per heavy atom. The fourth-order valence-electron chi connectivity index (χ4n) is 2.52. The average Bonchev–Trinajstić information content (AvgIpc) is 2.47. The number of nitrogens with zero attached hydrogens (tertiary/aromatic N) is 3. The van der Waals surface area contributed by atoms with Crippen LogP contribution in [-0.2, 0) is 0 Å². The molecule has 4 nitrogen and oxygen atoms in total. The Labute approximate surface area is 106 Å². The number of aromatic nitrogens is 2. The maximum Gasteiger partial charge on any atom is 0.147 e. The van der Waals surface area contributed by atoms with Crippen LogP contribution in [0.25, 0.3) is 11.0 Å². The number of fused-ring (bicyclic) bond motifs is 1. The summed E-state index contributed by atoms with van der Waals surface area (Å²) >= 11 is 0. The minimum atomic E-state index is 0.261. The number of aliphatic hydroxyl groups excluding tert-OH is 1. The van der Waals surface area contributed by atoms with Gasteiger partial charge in [-0.15, -0.1) is 0 Å². The van der Waals surface area contributed by atoms with Crippen LogP contribution >= 0.6 is 0 Å². The third-order valence-electron chi connectivity index (χ3n) is 3.54. The van der Waals surface area contributed by atoms with E-state index in [9.17, 15) is 5.11 Å². The van der Waals surface area contributed by atoms with Crippen LogP contribution in [0.5, 0.6) is 0 Å². The van der Waals surface area contributed by atoms with Crippen LogP contribution in [0.3, 0.4) is 0 Å². The summed E-state index contributed by atoms with van der Waals surface area (Å²) in [7, 11) is 0. The Kier molecular flexibility index (Phi) is 3.11. The average molecular weight is 243 g/mol. The Bertz CT molecular complexity index is 543. The van der Waals surface area contributed by atoms with Crippen LogP contribution < -0.4 is 4.90 Å². The molecule has 1 aromatic heterocycles. The largest absolute Gasteiger partial charge is 0.396 e. The molecule has 0 saturated carbocycles. The SMILES string of the molecule is OCC1CCCN(c2cnc3ccccc3n2)C1. The first kappa shape index (κ1) is 11.4. The molecular formula is C14H17N3O. The van der Waals surface area contributed by atoms with E-state index in [0.717, 1.165) is 42.8 Å². The summed E-state index contributed by atoms with van der Waals surface area (Å²) in [5, 5.41) is 9.26. The number of aliphatic hydroxyl groups is 1. The van der Waals surface area contributed by atoms with Crippen LogP contribution in [-0.4, -0.2) is 34.8 Å². The van der Waals surface area contributed by atoms with Crippen LogP contribution in [0.2, 0.25) is 0 Å². The summed E-state index contributed by atoms with van der Waals surface area (Å²) < 4.78 is 0. The Hall–Kier alpha value is -1.68. The second-order valence-corrected chi connectivity index (χ2v) is 4.85. The number of anilines is 1. The van der Waals surface area contributed by atoms with Crippen molar-refractivity contribution in [3.63, 3.8) is 0 Å². The molecule has 0 aliphatic carbocycles. The minimum Gasteiger partial charge on any atom is -0.396 e. The molecule has 18 heavy (non-hydrogen) atoms. The topological polar surface area (TPSA) is 49.2 Å². The van der Waals surface area contributed by atoms with Crippen LogP contribution in [0.4, 0.5) is 5.82 Å². The fourth-order valence-corrected chi connectivity index (χ4v) is 2.52. The molecular weight excluding hydrogens is 226 g/mol. The van der Waals surface area contributed by atoms with Gasteiger partial charge in [-0.1, -0.05) is 12.1 Å². The van der Waals surface area contributed by atoms with E-state index in [0.29, 0.717) is 5.92 Å². The first-order chi connectivity index (χ1) is 8.86. The van der Waals surface area contributed by atoms with E-state index < -0.39 is 0 Å². The number of benzene rings is 1. The van der Waals surface area contributed by atoms with Crippen molar-refractivity contribution in [1.82, 2.24) is 9.97 Å². The molecule has 2 heterocycles. The predicted octanol–water partition coefficient (Wildman–Crippen LogP) is 1.84. The van der Waals surface area contributed by atoms with Crippen LogP contribution in [0.1, 0.15) is 12.8 Å². The Morgan fingerprint density at radius 3 is 2.94 bits per heavy atom. The summed E-state index contributed by atoms with van der Waals surface area (Å²) in [5.41, 5.74) is 1.86. The van der Waals surface area contributed by atoms with E-state index >= 15 is 0 Å². The minimum absolute atomic E-state index is 0.261. The summed E-state index contributed by atoms with van der Waals surface area (Å²) in [6.07, 6.45) is 4.05. The maximum atomic E-state index is 9.26. The number of piperidine rings is 1. The second kappa shape index (κ2) is 4.90. The number of rotatable bonds is 2. The molecule has 1 unspecified atom stereocenters. The van der Waals surface area contributed by atoms with Gasteiger partial charge in [0.05, 0.1) is 17.2 Å². The predicted molar refractivity (Wildman–Crippen MR) is 71.6 cm³/mol. The van der Waals surface area contributed by atoms with Crippen molar-refractivity contribution in [2.24, 2.45) is 5.92 Å². The van der Waals surface area contributed by atoms with Gasteiger partial charge in [-0.3, -0.25) is 4.98 Å².